The van der Waals surface area contributed by atoms with Crippen LogP contribution in [0.1, 0.15) is 22.5 Å². The number of fused-ring (bicyclic) bond motifs is 1. The largest absolute Gasteiger partial charge is 0.478 e. The van der Waals surface area contributed by atoms with Crippen molar-refractivity contribution in [3.8, 4) is 0 Å². The van der Waals surface area contributed by atoms with Crippen LogP contribution in [0.5, 0.6) is 0 Å². The highest BCUT2D eigenvalue weighted by atomic mass is 32.2. The third-order valence-corrected chi connectivity index (χ3v) is 8.38. The van der Waals surface area contributed by atoms with Gasteiger partial charge in [-0.1, -0.05) is 16.9 Å². The molecule has 0 saturated carbocycles. The number of aromatic nitrogens is 2. The van der Waals surface area contributed by atoms with Gasteiger partial charge in [-0.2, -0.15) is 0 Å². The number of aromatic carboxylic acids is 1. The summed E-state index contributed by atoms with van der Waals surface area (Å²) >= 11 is 3.37. The van der Waals surface area contributed by atoms with E-state index in [9.17, 15) is 24.3 Å². The van der Waals surface area contributed by atoms with Gasteiger partial charge in [-0.25, -0.2) is 19.6 Å². The van der Waals surface area contributed by atoms with Gasteiger partial charge in [-0.05, 0) is 12.1 Å². The molecule has 188 valence electrons. The molecule has 4 heterocycles. The number of hydrogen-bond donors (Lipinski definition) is 4. The van der Waals surface area contributed by atoms with E-state index in [1.165, 1.54) is 30.3 Å². The molecule has 0 aliphatic carbocycles. The number of nitrogens with two attached hydrogens (primary N) is 1. The number of hydrogen-bond acceptors (Lipinski definition) is 12. The molecule has 0 bridgehead atoms. The summed E-state index contributed by atoms with van der Waals surface area (Å²) in [6.07, 6.45) is 2.15. The second kappa shape index (κ2) is 10.2. The Morgan fingerprint density at radius 1 is 1.39 bits per heavy atom. The number of anilines is 1. The Morgan fingerprint density at radius 2 is 2.17 bits per heavy atom. The van der Waals surface area contributed by atoms with E-state index in [-0.39, 0.29) is 45.7 Å². The molecule has 1 unspecified atom stereocenters. The molecule has 2 aromatic heterocycles. The monoisotopic (exact) mass is 550 g/mol. The van der Waals surface area contributed by atoms with Crippen LogP contribution in [-0.4, -0.2) is 73.3 Å². The number of rotatable bonds is 9. The third-order valence-electron chi connectivity index (χ3n) is 5.18. The molecule has 0 spiro atoms. The van der Waals surface area contributed by atoms with Crippen molar-refractivity contribution in [3.63, 3.8) is 0 Å². The van der Waals surface area contributed by atoms with Crippen LogP contribution >= 0.6 is 34.9 Å². The van der Waals surface area contributed by atoms with Gasteiger partial charge in [0.1, 0.15) is 19.0 Å². The summed E-state index contributed by atoms with van der Waals surface area (Å²) < 4.78 is 0. The van der Waals surface area contributed by atoms with Crippen molar-refractivity contribution in [3.05, 3.63) is 46.2 Å². The first-order chi connectivity index (χ1) is 17.2. The first-order valence-corrected chi connectivity index (χ1v) is 12.8. The second-order valence-corrected chi connectivity index (χ2v) is 10.6. The molecule has 16 heteroatoms. The Bertz CT molecular complexity index is 1290. The Morgan fingerprint density at radius 3 is 2.72 bits per heavy atom. The molecule has 0 aromatic carbocycles. The van der Waals surface area contributed by atoms with Crippen LogP contribution < -0.4 is 11.1 Å². The van der Waals surface area contributed by atoms with Gasteiger partial charge in [0.15, 0.2) is 10.0 Å². The Kier molecular flexibility index (Phi) is 7.18. The Labute approximate surface area is 215 Å². The summed E-state index contributed by atoms with van der Waals surface area (Å²) in [6.45, 7) is 0. The van der Waals surface area contributed by atoms with Crippen LogP contribution in [0.4, 0.5) is 5.13 Å². The maximum absolute atomic E-state index is 12.8. The van der Waals surface area contributed by atoms with Crippen molar-refractivity contribution in [1.29, 1.82) is 0 Å². The summed E-state index contributed by atoms with van der Waals surface area (Å²) in [5.74, 6) is -3.59. The number of β-lactam (4-membered cyclic amide) rings is 1. The fraction of sp³-hybridized carbons (Fsp3) is 0.250. The summed E-state index contributed by atoms with van der Waals surface area (Å²) in [4.78, 5) is 61.5. The second-order valence-electron chi connectivity index (χ2n) is 7.31. The fourth-order valence-electron chi connectivity index (χ4n) is 3.62. The molecule has 13 nitrogen and oxygen atoms in total. The summed E-state index contributed by atoms with van der Waals surface area (Å²) in [7, 11) is 1.26. The van der Waals surface area contributed by atoms with Gasteiger partial charge in [0.05, 0.1) is 28.1 Å². The number of carboxylic acids is 2. The average Bonchev–Trinajstić information content (AvgIpc) is 3.28. The lowest BCUT2D eigenvalue weighted by molar-refractivity contribution is -0.146. The van der Waals surface area contributed by atoms with Crippen LogP contribution in [-0.2, 0) is 24.1 Å². The number of thiazole rings is 1. The number of aliphatic carboxylic acids is 1. The lowest BCUT2D eigenvalue weighted by Crippen LogP contribution is -2.61. The number of amides is 2. The van der Waals surface area contributed by atoms with Crippen molar-refractivity contribution in [2.75, 3.05) is 18.6 Å². The average molecular weight is 551 g/mol. The number of oxime groups is 1. The zero-order valence-electron chi connectivity index (χ0n) is 18.4. The quantitative estimate of drug-likeness (QED) is 0.151. The number of nitrogens with one attached hydrogen (secondary N) is 1. The maximum Gasteiger partial charge on any atom is 0.352 e. The van der Waals surface area contributed by atoms with Crippen LogP contribution in [0.15, 0.2) is 45.2 Å². The van der Waals surface area contributed by atoms with Gasteiger partial charge in [0, 0.05) is 22.9 Å². The van der Waals surface area contributed by atoms with Crippen molar-refractivity contribution < 1.29 is 34.2 Å². The van der Waals surface area contributed by atoms with Crippen LogP contribution in [0.25, 0.3) is 0 Å². The molecule has 2 atom stereocenters. The van der Waals surface area contributed by atoms with E-state index in [2.05, 4.69) is 25.3 Å². The number of thioether (sulfide) groups is 2. The van der Waals surface area contributed by atoms with Gasteiger partial charge >= 0.3 is 11.9 Å². The van der Waals surface area contributed by atoms with E-state index in [1.807, 2.05) is 0 Å². The van der Waals surface area contributed by atoms with Gasteiger partial charge < -0.3 is 26.1 Å². The van der Waals surface area contributed by atoms with Crippen LogP contribution in [0.3, 0.4) is 0 Å². The molecule has 2 aromatic rings. The number of nitrogens with zero attached hydrogens (tertiary/aromatic N) is 4. The van der Waals surface area contributed by atoms with Gasteiger partial charge in [-0.3, -0.25) is 14.5 Å². The lowest BCUT2D eigenvalue weighted by Gasteiger charge is -2.51. The molecule has 2 aliphatic heterocycles. The lowest BCUT2D eigenvalue weighted by atomic mass is 9.98. The summed E-state index contributed by atoms with van der Waals surface area (Å²) in [6, 6.07) is 2.85. The minimum absolute atomic E-state index is 0.0102. The highest BCUT2D eigenvalue weighted by Gasteiger charge is 2.56. The minimum atomic E-state index is -1.51. The Hall–Kier alpha value is -3.63. The number of pyridine rings is 1. The minimum Gasteiger partial charge on any atom is -0.478 e. The zero-order valence-corrected chi connectivity index (χ0v) is 20.9. The molecule has 4 rings (SSSR count). The smallest absolute Gasteiger partial charge is 0.352 e. The van der Waals surface area contributed by atoms with Crippen molar-refractivity contribution in [2.24, 2.45) is 5.16 Å². The SMILES string of the molecule is CON=CC(=O)NC1(c2csc(N)n2)S[C@H]2CC(=O)N2C(C(=O)O)=C1CSc1ccc(C(=O)O)cn1. The highest BCUT2D eigenvalue weighted by molar-refractivity contribution is 8.01. The molecule has 2 amide bonds. The van der Waals surface area contributed by atoms with Crippen molar-refractivity contribution in [1.82, 2.24) is 20.2 Å². The zero-order chi connectivity index (χ0) is 26.0. The molecular formula is C20H18N6O7S3. The molecule has 1 fully saturated rings. The summed E-state index contributed by atoms with van der Waals surface area (Å²) in [5.41, 5.74) is 6.05. The Balaban J connectivity index is 1.83. The van der Waals surface area contributed by atoms with E-state index < -0.39 is 28.1 Å². The summed E-state index contributed by atoms with van der Waals surface area (Å²) in [5, 5.41) is 27.2. The molecule has 2 aliphatic rings. The predicted octanol–water partition coefficient (Wildman–Crippen LogP) is 1.16. The molecule has 5 N–H and O–H groups in total. The van der Waals surface area contributed by atoms with Crippen molar-refractivity contribution >= 4 is 70.0 Å². The highest BCUT2D eigenvalue weighted by Crippen LogP contribution is 2.55. The van der Waals surface area contributed by atoms with E-state index in [0.29, 0.717) is 5.03 Å². The number of carboxylic acid groups (broad SMARTS) is 2. The van der Waals surface area contributed by atoms with E-state index in [1.54, 1.807) is 5.38 Å². The standard InChI is InChI=1S/C20H18N6O7S3/c1-33-23-6-12(27)25-20(11-8-35-19(21)24-11)10(7-34-13-3-2-9(5-22-13)17(29)30)16(18(31)32)26-14(28)4-15(26)36-20/h2-3,5-6,8,15H,4,7H2,1H3,(H2,21,24)(H,25,27)(H,29,30)(H,31,32)/t15-,20?/m0/s1. The molecule has 1 saturated heterocycles. The maximum atomic E-state index is 12.8. The van der Waals surface area contributed by atoms with E-state index >= 15 is 0 Å². The van der Waals surface area contributed by atoms with Gasteiger partial charge in [0.2, 0.25) is 5.91 Å². The predicted molar refractivity (Wildman–Crippen MR) is 131 cm³/mol. The normalized spacial score (nSPS) is 21.2. The van der Waals surface area contributed by atoms with Crippen LogP contribution in [0, 0.1) is 0 Å². The van der Waals surface area contributed by atoms with E-state index in [4.69, 9.17) is 10.8 Å². The van der Waals surface area contributed by atoms with Gasteiger partial charge in [0.25, 0.3) is 5.91 Å². The van der Waals surface area contributed by atoms with E-state index in [0.717, 1.165) is 41.1 Å². The molecular weight excluding hydrogens is 532 g/mol. The third kappa shape index (κ3) is 4.74. The topological polar surface area (TPSA) is 197 Å². The molecule has 0 radical (unpaired) electrons. The van der Waals surface area contributed by atoms with Crippen molar-refractivity contribution in [2.45, 2.75) is 21.7 Å². The first-order valence-electron chi connectivity index (χ1n) is 10.1. The molecule has 36 heavy (non-hydrogen) atoms. The number of carbonyl (C=O) groups excluding carboxylic acids is 2. The fourth-order valence-corrected chi connectivity index (χ4v) is 6.99. The number of nitrogen functional groups attached to an aromatic ring is 1. The van der Waals surface area contributed by atoms with Crippen LogP contribution in [0.2, 0.25) is 0 Å². The van der Waals surface area contributed by atoms with Gasteiger partial charge in [-0.15, -0.1) is 23.1 Å². The first kappa shape index (κ1) is 25.5. The number of carbonyl (C=O) groups is 4.